The Bertz CT molecular complexity index is 302. The Kier molecular flexibility index (Phi) is 8.35. The number of nitrogens with one attached hydrogen (secondary N) is 2. The van der Waals surface area contributed by atoms with Crippen LogP contribution in [0.2, 0.25) is 0 Å². The number of aliphatic imine (C=N–C) groups is 1. The lowest BCUT2D eigenvalue weighted by Crippen LogP contribution is -2.42. The van der Waals surface area contributed by atoms with Crippen LogP contribution in [0.4, 0.5) is 0 Å². The Morgan fingerprint density at radius 1 is 1.30 bits per heavy atom. The number of unbranched alkanes of at least 4 members (excludes halogenated alkanes) is 1. The summed E-state index contributed by atoms with van der Waals surface area (Å²) in [4.78, 5) is 7.05. The van der Waals surface area contributed by atoms with E-state index in [1.165, 1.54) is 6.42 Å². The lowest BCUT2D eigenvalue weighted by molar-refractivity contribution is 0.269. The third-order valence-electron chi connectivity index (χ3n) is 3.76. The summed E-state index contributed by atoms with van der Waals surface area (Å²) in [6, 6.07) is 1.16. The first-order valence-corrected chi connectivity index (χ1v) is 8.03. The Hall–Kier alpha value is -1.03. The van der Waals surface area contributed by atoms with Gasteiger partial charge in [0.1, 0.15) is 0 Å². The zero-order valence-corrected chi connectivity index (χ0v) is 13.7. The van der Waals surface area contributed by atoms with E-state index in [1.807, 2.05) is 0 Å². The third kappa shape index (κ3) is 6.94. The van der Waals surface area contributed by atoms with Crippen molar-refractivity contribution < 1.29 is 0 Å². The summed E-state index contributed by atoms with van der Waals surface area (Å²) >= 11 is 0. The molecule has 0 aromatic heterocycles. The van der Waals surface area contributed by atoms with Crippen molar-refractivity contribution >= 4 is 5.96 Å². The zero-order chi connectivity index (χ0) is 14.8. The van der Waals surface area contributed by atoms with Gasteiger partial charge in [-0.3, -0.25) is 4.99 Å². The van der Waals surface area contributed by atoms with Crippen molar-refractivity contribution in [1.82, 2.24) is 15.5 Å². The van der Waals surface area contributed by atoms with Gasteiger partial charge in [0.15, 0.2) is 5.96 Å². The molecule has 0 radical (unpaired) electrons. The first-order chi connectivity index (χ1) is 9.63. The van der Waals surface area contributed by atoms with Crippen LogP contribution >= 0.6 is 0 Å². The average molecular weight is 280 g/mol. The highest BCUT2D eigenvalue weighted by Crippen LogP contribution is 2.08. The van der Waals surface area contributed by atoms with Gasteiger partial charge in [-0.2, -0.15) is 0 Å². The molecule has 1 rings (SSSR count). The predicted octanol–water partition coefficient (Wildman–Crippen LogP) is 2.38. The second-order valence-electron chi connectivity index (χ2n) is 5.83. The van der Waals surface area contributed by atoms with Crippen LogP contribution in [0.15, 0.2) is 17.1 Å². The van der Waals surface area contributed by atoms with E-state index >= 15 is 0 Å². The minimum absolute atomic E-state index is 0.528. The summed E-state index contributed by atoms with van der Waals surface area (Å²) in [7, 11) is 2.19. The summed E-state index contributed by atoms with van der Waals surface area (Å²) in [5, 5.41) is 6.83. The molecule has 4 heteroatoms. The minimum Gasteiger partial charge on any atom is -0.357 e. The molecule has 0 heterocycles. The molecule has 1 aliphatic rings. The molecule has 0 spiro atoms. The maximum atomic E-state index is 4.67. The Morgan fingerprint density at radius 2 is 2.00 bits per heavy atom. The molecule has 0 amide bonds. The van der Waals surface area contributed by atoms with Crippen molar-refractivity contribution in [1.29, 1.82) is 0 Å². The quantitative estimate of drug-likeness (QED) is 0.310. The molecule has 20 heavy (non-hydrogen) atoms. The van der Waals surface area contributed by atoms with E-state index in [-0.39, 0.29) is 0 Å². The van der Waals surface area contributed by atoms with Crippen LogP contribution in [0.1, 0.15) is 46.5 Å². The van der Waals surface area contributed by atoms with Crippen molar-refractivity contribution in [2.45, 2.75) is 58.5 Å². The second kappa shape index (κ2) is 9.81. The largest absolute Gasteiger partial charge is 0.357 e. The third-order valence-corrected chi connectivity index (χ3v) is 3.76. The van der Waals surface area contributed by atoms with Gasteiger partial charge in [-0.1, -0.05) is 12.2 Å². The van der Waals surface area contributed by atoms with Crippen molar-refractivity contribution in [3.8, 4) is 0 Å². The first-order valence-electron chi connectivity index (χ1n) is 8.03. The van der Waals surface area contributed by atoms with Gasteiger partial charge in [-0.25, -0.2) is 0 Å². The standard InChI is InChI=1S/C16H32N4/c1-5-17-16(19-15-10-6-7-11-15)18-12-8-9-13-20(4)14(2)3/h6-7,14-15H,5,8-13H2,1-4H3,(H2,17,18,19). The van der Waals surface area contributed by atoms with E-state index in [2.05, 4.69) is 60.5 Å². The average Bonchev–Trinajstić information content (AvgIpc) is 2.91. The molecule has 0 bridgehead atoms. The summed E-state index contributed by atoms with van der Waals surface area (Å²) < 4.78 is 0. The molecule has 0 aliphatic heterocycles. The van der Waals surface area contributed by atoms with E-state index in [1.54, 1.807) is 0 Å². The van der Waals surface area contributed by atoms with E-state index in [4.69, 9.17) is 0 Å². The van der Waals surface area contributed by atoms with Gasteiger partial charge in [-0.05, 0) is 60.0 Å². The van der Waals surface area contributed by atoms with Crippen LogP contribution in [0, 0.1) is 0 Å². The van der Waals surface area contributed by atoms with Crippen LogP contribution in [-0.4, -0.2) is 49.6 Å². The van der Waals surface area contributed by atoms with Crippen molar-refractivity contribution in [2.24, 2.45) is 4.99 Å². The van der Waals surface area contributed by atoms with Crippen LogP contribution in [0.3, 0.4) is 0 Å². The Balaban J connectivity index is 2.21. The SMILES string of the molecule is CCNC(=NCCCCN(C)C(C)C)NC1CC=CC1. The summed E-state index contributed by atoms with van der Waals surface area (Å²) in [5.41, 5.74) is 0. The fourth-order valence-corrected chi connectivity index (χ4v) is 2.17. The molecule has 0 aromatic carbocycles. The fourth-order valence-electron chi connectivity index (χ4n) is 2.17. The number of rotatable bonds is 8. The topological polar surface area (TPSA) is 39.7 Å². The van der Waals surface area contributed by atoms with Gasteiger partial charge in [0.2, 0.25) is 0 Å². The fraction of sp³-hybridized carbons (Fsp3) is 0.812. The van der Waals surface area contributed by atoms with Gasteiger partial charge in [-0.15, -0.1) is 0 Å². The summed E-state index contributed by atoms with van der Waals surface area (Å²) in [5.74, 6) is 0.971. The molecule has 0 saturated carbocycles. The van der Waals surface area contributed by atoms with Gasteiger partial charge in [0, 0.05) is 25.2 Å². The van der Waals surface area contributed by atoms with Crippen molar-refractivity contribution in [3.63, 3.8) is 0 Å². The van der Waals surface area contributed by atoms with Crippen LogP contribution < -0.4 is 10.6 Å². The smallest absolute Gasteiger partial charge is 0.191 e. The summed E-state index contributed by atoms with van der Waals surface area (Å²) in [6.07, 6.45) is 9.07. The van der Waals surface area contributed by atoms with E-state index < -0.39 is 0 Å². The van der Waals surface area contributed by atoms with E-state index in [0.29, 0.717) is 12.1 Å². The van der Waals surface area contributed by atoms with Crippen LogP contribution in [0.25, 0.3) is 0 Å². The number of hydrogen-bond donors (Lipinski definition) is 2. The first kappa shape index (κ1) is 17.0. The molecule has 1 aliphatic carbocycles. The lowest BCUT2D eigenvalue weighted by atomic mass is 10.2. The predicted molar refractivity (Wildman–Crippen MR) is 88.3 cm³/mol. The Morgan fingerprint density at radius 3 is 2.60 bits per heavy atom. The monoisotopic (exact) mass is 280 g/mol. The highest BCUT2D eigenvalue weighted by Gasteiger charge is 2.11. The normalized spacial score (nSPS) is 16.4. The Labute approximate surface area is 124 Å². The number of nitrogens with zero attached hydrogens (tertiary/aromatic N) is 2. The molecule has 0 atom stereocenters. The van der Waals surface area contributed by atoms with Crippen molar-refractivity contribution in [3.05, 3.63) is 12.2 Å². The molecule has 2 N–H and O–H groups in total. The van der Waals surface area contributed by atoms with Crippen molar-refractivity contribution in [2.75, 3.05) is 26.7 Å². The zero-order valence-electron chi connectivity index (χ0n) is 13.7. The molecular formula is C16H32N4. The summed E-state index contributed by atoms with van der Waals surface area (Å²) in [6.45, 7) is 9.57. The maximum Gasteiger partial charge on any atom is 0.191 e. The number of hydrogen-bond acceptors (Lipinski definition) is 2. The molecular weight excluding hydrogens is 248 g/mol. The highest BCUT2D eigenvalue weighted by atomic mass is 15.2. The molecule has 0 unspecified atom stereocenters. The van der Waals surface area contributed by atoms with E-state index in [9.17, 15) is 0 Å². The molecule has 0 fully saturated rings. The molecule has 4 nitrogen and oxygen atoms in total. The molecule has 116 valence electrons. The second-order valence-corrected chi connectivity index (χ2v) is 5.83. The lowest BCUT2D eigenvalue weighted by Gasteiger charge is -2.20. The molecule has 0 aromatic rings. The highest BCUT2D eigenvalue weighted by molar-refractivity contribution is 5.80. The number of guanidine groups is 1. The maximum absolute atomic E-state index is 4.67. The van der Waals surface area contributed by atoms with Gasteiger partial charge < -0.3 is 15.5 Å². The molecule has 0 saturated heterocycles. The van der Waals surface area contributed by atoms with E-state index in [0.717, 1.165) is 44.9 Å². The van der Waals surface area contributed by atoms with Gasteiger partial charge in [0.25, 0.3) is 0 Å². The van der Waals surface area contributed by atoms with Gasteiger partial charge >= 0.3 is 0 Å². The van der Waals surface area contributed by atoms with Crippen LogP contribution in [-0.2, 0) is 0 Å². The minimum atomic E-state index is 0.528. The van der Waals surface area contributed by atoms with Crippen LogP contribution in [0.5, 0.6) is 0 Å². The van der Waals surface area contributed by atoms with Gasteiger partial charge in [0.05, 0.1) is 0 Å².